The Hall–Kier alpha value is -1.39. The number of nitrogens with two attached hydrogens (primary N) is 2. The zero-order chi connectivity index (χ0) is 13.9. The van der Waals surface area contributed by atoms with E-state index in [2.05, 4.69) is 24.0 Å². The lowest BCUT2D eigenvalue weighted by Gasteiger charge is -2.46. The van der Waals surface area contributed by atoms with Gasteiger partial charge in [0.25, 0.3) is 0 Å². The molecule has 2 rings (SSSR count). The number of carbonyl (C=O) groups is 1. The fraction of sp³-hybridized carbons (Fsp3) is 0.533. The first kappa shape index (κ1) is 14.0. The van der Waals surface area contributed by atoms with Crippen LogP contribution in [0.25, 0.3) is 0 Å². The Morgan fingerprint density at radius 1 is 1.42 bits per heavy atom. The molecule has 1 aromatic rings. The Bertz CT molecular complexity index is 434. The summed E-state index contributed by atoms with van der Waals surface area (Å²) < 4.78 is 0. The molecule has 104 valence electrons. The molecule has 0 radical (unpaired) electrons. The number of hydrogen-bond acceptors (Lipinski definition) is 3. The predicted molar refractivity (Wildman–Crippen MR) is 76.3 cm³/mol. The van der Waals surface area contributed by atoms with Crippen LogP contribution in [0.4, 0.5) is 0 Å². The van der Waals surface area contributed by atoms with Crippen molar-refractivity contribution in [2.45, 2.75) is 44.3 Å². The van der Waals surface area contributed by atoms with Crippen molar-refractivity contribution in [3.8, 4) is 0 Å². The summed E-state index contributed by atoms with van der Waals surface area (Å²) in [5.74, 6) is -0.309. The van der Waals surface area contributed by atoms with Gasteiger partial charge in [0.1, 0.15) is 0 Å². The third-order valence-corrected chi connectivity index (χ3v) is 4.20. The third-order valence-electron chi connectivity index (χ3n) is 4.20. The molecule has 4 heteroatoms. The molecule has 4 nitrogen and oxygen atoms in total. The van der Waals surface area contributed by atoms with Crippen molar-refractivity contribution >= 4 is 5.91 Å². The molecule has 2 unspecified atom stereocenters. The van der Waals surface area contributed by atoms with Gasteiger partial charge >= 0.3 is 0 Å². The molecule has 1 aliphatic rings. The number of primary amides is 1. The first-order valence-corrected chi connectivity index (χ1v) is 6.86. The molecule has 1 fully saturated rings. The van der Waals surface area contributed by atoms with Crippen molar-refractivity contribution in [2.24, 2.45) is 11.5 Å². The Morgan fingerprint density at radius 2 is 2.11 bits per heavy atom. The van der Waals surface area contributed by atoms with Crippen LogP contribution in [0.5, 0.6) is 0 Å². The summed E-state index contributed by atoms with van der Waals surface area (Å²) in [4.78, 5) is 13.6. The van der Waals surface area contributed by atoms with Gasteiger partial charge in [0.15, 0.2) is 0 Å². The lowest BCUT2D eigenvalue weighted by molar-refractivity contribution is -0.120. The Kier molecular flexibility index (Phi) is 4.22. The molecule has 0 spiro atoms. The highest BCUT2D eigenvalue weighted by atomic mass is 16.1. The summed E-state index contributed by atoms with van der Waals surface area (Å²) in [5.41, 5.74) is 12.5. The number of carbonyl (C=O) groups excluding carboxylic acids is 1. The minimum Gasteiger partial charge on any atom is -0.370 e. The molecule has 0 aliphatic carbocycles. The van der Waals surface area contributed by atoms with Gasteiger partial charge in [0, 0.05) is 24.5 Å². The minimum absolute atomic E-state index is 0.161. The molecule has 19 heavy (non-hydrogen) atoms. The molecule has 0 aromatic heterocycles. The minimum atomic E-state index is -0.487. The van der Waals surface area contributed by atoms with Crippen molar-refractivity contribution in [1.29, 1.82) is 0 Å². The van der Waals surface area contributed by atoms with Crippen molar-refractivity contribution in [2.75, 3.05) is 6.54 Å². The van der Waals surface area contributed by atoms with E-state index >= 15 is 0 Å². The Labute approximate surface area is 114 Å². The first-order chi connectivity index (χ1) is 9.01. The lowest BCUT2D eigenvalue weighted by atomic mass is 9.79. The van der Waals surface area contributed by atoms with Crippen LogP contribution in [0.1, 0.15) is 31.7 Å². The fourth-order valence-electron chi connectivity index (χ4n) is 2.97. The molecule has 0 saturated carbocycles. The second-order valence-electron chi connectivity index (χ2n) is 5.61. The van der Waals surface area contributed by atoms with Crippen LogP contribution >= 0.6 is 0 Å². The van der Waals surface area contributed by atoms with Crippen LogP contribution in [0.15, 0.2) is 30.3 Å². The second kappa shape index (κ2) is 5.72. The molecule has 1 heterocycles. The molecule has 1 aliphatic heterocycles. The standard InChI is InChI=1S/C15H23N3O/c1-12-15(17,10-14(16)19)8-5-9-18(12)11-13-6-3-2-4-7-13/h2-4,6-7,12H,5,8-11,17H2,1H3,(H2,16,19). The first-order valence-electron chi connectivity index (χ1n) is 6.86. The van der Waals surface area contributed by atoms with Gasteiger partial charge in [-0.15, -0.1) is 0 Å². The average molecular weight is 261 g/mol. The number of nitrogens with zero attached hydrogens (tertiary/aromatic N) is 1. The van der Waals surface area contributed by atoms with Crippen LogP contribution in [-0.2, 0) is 11.3 Å². The molecule has 4 N–H and O–H groups in total. The van der Waals surface area contributed by atoms with E-state index in [0.29, 0.717) is 0 Å². The molecular weight excluding hydrogens is 238 g/mol. The Balaban J connectivity index is 2.07. The average Bonchev–Trinajstić information content (AvgIpc) is 2.36. The predicted octanol–water partition coefficient (Wildman–Crippen LogP) is 1.24. The van der Waals surface area contributed by atoms with E-state index in [4.69, 9.17) is 11.5 Å². The maximum absolute atomic E-state index is 11.2. The van der Waals surface area contributed by atoms with Gasteiger partial charge in [-0.05, 0) is 31.9 Å². The van der Waals surface area contributed by atoms with Crippen LogP contribution in [-0.4, -0.2) is 28.9 Å². The number of amides is 1. The summed E-state index contributed by atoms with van der Waals surface area (Å²) in [6, 6.07) is 10.5. The van der Waals surface area contributed by atoms with Crippen LogP contribution in [0.3, 0.4) is 0 Å². The maximum Gasteiger partial charge on any atom is 0.219 e. The van der Waals surface area contributed by atoms with Crippen molar-refractivity contribution in [1.82, 2.24) is 4.90 Å². The number of likely N-dealkylation sites (tertiary alicyclic amines) is 1. The molecule has 2 atom stereocenters. The molecule has 1 saturated heterocycles. The highest BCUT2D eigenvalue weighted by Gasteiger charge is 2.39. The monoisotopic (exact) mass is 261 g/mol. The van der Waals surface area contributed by atoms with Crippen LogP contribution < -0.4 is 11.5 Å². The van der Waals surface area contributed by atoms with Crippen molar-refractivity contribution in [3.05, 3.63) is 35.9 Å². The van der Waals surface area contributed by atoms with E-state index < -0.39 is 5.54 Å². The highest BCUT2D eigenvalue weighted by molar-refractivity contribution is 5.75. The largest absolute Gasteiger partial charge is 0.370 e. The quantitative estimate of drug-likeness (QED) is 0.856. The number of rotatable bonds is 4. The van der Waals surface area contributed by atoms with Crippen molar-refractivity contribution in [3.63, 3.8) is 0 Å². The maximum atomic E-state index is 11.2. The number of benzene rings is 1. The summed E-state index contributed by atoms with van der Waals surface area (Å²) in [6.07, 6.45) is 2.14. The smallest absolute Gasteiger partial charge is 0.219 e. The lowest BCUT2D eigenvalue weighted by Crippen LogP contribution is -2.61. The summed E-state index contributed by atoms with van der Waals surface area (Å²) in [6.45, 7) is 4.00. The third kappa shape index (κ3) is 3.33. The van der Waals surface area contributed by atoms with Gasteiger partial charge in [0.2, 0.25) is 5.91 Å². The van der Waals surface area contributed by atoms with Crippen LogP contribution in [0, 0.1) is 0 Å². The van der Waals surface area contributed by atoms with Gasteiger partial charge in [-0.2, -0.15) is 0 Å². The van der Waals surface area contributed by atoms with Gasteiger partial charge in [-0.1, -0.05) is 30.3 Å². The molecule has 1 amide bonds. The van der Waals surface area contributed by atoms with E-state index in [1.807, 2.05) is 18.2 Å². The zero-order valence-electron chi connectivity index (χ0n) is 11.5. The van der Waals surface area contributed by atoms with Crippen molar-refractivity contribution < 1.29 is 4.79 Å². The van der Waals surface area contributed by atoms with E-state index in [9.17, 15) is 4.79 Å². The highest BCUT2D eigenvalue weighted by Crippen LogP contribution is 2.29. The van der Waals surface area contributed by atoms with Gasteiger partial charge < -0.3 is 11.5 Å². The molecule has 1 aromatic carbocycles. The SMILES string of the molecule is CC1N(Cc2ccccc2)CCCC1(N)CC(N)=O. The van der Waals surface area contributed by atoms with Gasteiger partial charge in [-0.3, -0.25) is 9.69 Å². The van der Waals surface area contributed by atoms with E-state index in [-0.39, 0.29) is 18.4 Å². The summed E-state index contributed by atoms with van der Waals surface area (Å²) in [5, 5.41) is 0. The fourth-order valence-corrected chi connectivity index (χ4v) is 2.97. The topological polar surface area (TPSA) is 72.3 Å². The van der Waals surface area contributed by atoms with E-state index in [1.54, 1.807) is 0 Å². The number of hydrogen-bond donors (Lipinski definition) is 2. The Morgan fingerprint density at radius 3 is 2.74 bits per heavy atom. The van der Waals surface area contributed by atoms with Gasteiger partial charge in [-0.25, -0.2) is 0 Å². The zero-order valence-corrected chi connectivity index (χ0v) is 11.5. The second-order valence-corrected chi connectivity index (χ2v) is 5.61. The summed E-state index contributed by atoms with van der Waals surface area (Å²) >= 11 is 0. The van der Waals surface area contributed by atoms with E-state index in [1.165, 1.54) is 5.56 Å². The normalized spacial score (nSPS) is 28.2. The van der Waals surface area contributed by atoms with Crippen LogP contribution in [0.2, 0.25) is 0 Å². The number of piperidine rings is 1. The molecule has 0 bridgehead atoms. The molecular formula is C15H23N3O. The van der Waals surface area contributed by atoms with Gasteiger partial charge in [0.05, 0.1) is 0 Å². The summed E-state index contributed by atoms with van der Waals surface area (Å²) in [7, 11) is 0. The van der Waals surface area contributed by atoms with E-state index in [0.717, 1.165) is 25.9 Å².